The predicted molar refractivity (Wildman–Crippen MR) is 62.6 cm³/mol. The molecule has 0 atom stereocenters. The number of methoxy groups -OCH3 is 1. The molecule has 5 heteroatoms. The Labute approximate surface area is 104 Å². The van der Waals surface area contributed by atoms with Gasteiger partial charge in [0.2, 0.25) is 5.78 Å². The van der Waals surface area contributed by atoms with Gasteiger partial charge in [0.15, 0.2) is 0 Å². The van der Waals surface area contributed by atoms with E-state index in [2.05, 4.69) is 36.6 Å². The lowest BCUT2D eigenvalue weighted by atomic mass is 10.1. The third kappa shape index (κ3) is 3.43. The van der Waals surface area contributed by atoms with Crippen molar-refractivity contribution >= 4 is 43.6 Å². The summed E-state index contributed by atoms with van der Waals surface area (Å²) in [6, 6.07) is 5.40. The molecule has 0 aliphatic carbocycles. The first-order valence-corrected chi connectivity index (χ1v) is 5.68. The van der Waals surface area contributed by atoms with Crippen LogP contribution < -0.4 is 0 Å². The molecule has 0 spiro atoms. The molecule has 0 aliphatic heterocycles. The third-order valence-electron chi connectivity index (χ3n) is 1.78. The van der Waals surface area contributed by atoms with E-state index in [0.717, 1.165) is 14.5 Å². The SMILES string of the molecule is COC(=O)C(=O)Cc1ccc(Br)cc1Br. The summed E-state index contributed by atoms with van der Waals surface area (Å²) < 4.78 is 6.03. The molecular weight excluding hydrogens is 328 g/mol. The molecule has 3 nitrogen and oxygen atoms in total. The quantitative estimate of drug-likeness (QED) is 0.629. The van der Waals surface area contributed by atoms with Gasteiger partial charge in [0, 0.05) is 15.4 Å². The Morgan fingerprint density at radius 2 is 2.00 bits per heavy atom. The van der Waals surface area contributed by atoms with Crippen LogP contribution in [0.5, 0.6) is 0 Å². The molecule has 0 heterocycles. The lowest BCUT2D eigenvalue weighted by molar-refractivity contribution is -0.151. The summed E-state index contributed by atoms with van der Waals surface area (Å²) in [7, 11) is 1.19. The highest BCUT2D eigenvalue weighted by atomic mass is 79.9. The van der Waals surface area contributed by atoms with Crippen molar-refractivity contribution in [2.75, 3.05) is 7.11 Å². The largest absolute Gasteiger partial charge is 0.463 e. The van der Waals surface area contributed by atoms with Gasteiger partial charge in [-0.05, 0) is 17.7 Å². The first-order chi connectivity index (χ1) is 7.04. The van der Waals surface area contributed by atoms with Crippen LogP contribution in [-0.4, -0.2) is 18.9 Å². The molecule has 0 bridgehead atoms. The monoisotopic (exact) mass is 334 g/mol. The molecule has 0 N–H and O–H groups in total. The van der Waals surface area contributed by atoms with Gasteiger partial charge < -0.3 is 4.74 Å². The van der Waals surface area contributed by atoms with Gasteiger partial charge in [-0.15, -0.1) is 0 Å². The fraction of sp³-hybridized carbons (Fsp3) is 0.200. The van der Waals surface area contributed by atoms with Gasteiger partial charge in [0.25, 0.3) is 0 Å². The maximum Gasteiger partial charge on any atom is 0.374 e. The number of carbonyl (C=O) groups is 2. The zero-order valence-corrected chi connectivity index (χ0v) is 11.1. The molecule has 1 aromatic rings. The lowest BCUT2D eigenvalue weighted by Gasteiger charge is -2.03. The predicted octanol–water partition coefficient (Wildman–Crippen LogP) is 2.50. The molecule has 15 heavy (non-hydrogen) atoms. The number of esters is 1. The molecule has 0 radical (unpaired) electrons. The van der Waals surface area contributed by atoms with Gasteiger partial charge in [-0.25, -0.2) is 4.79 Å². The van der Waals surface area contributed by atoms with Crippen LogP contribution >= 0.6 is 31.9 Å². The van der Waals surface area contributed by atoms with Crippen LogP contribution in [0.25, 0.3) is 0 Å². The standard InChI is InChI=1S/C10H8Br2O3/c1-15-10(14)9(13)4-6-2-3-7(11)5-8(6)12/h2-3,5H,4H2,1H3. The van der Waals surface area contributed by atoms with Crippen LogP contribution in [0, 0.1) is 0 Å². The average molecular weight is 336 g/mol. The molecule has 0 saturated carbocycles. The number of carbonyl (C=O) groups excluding carboxylic acids is 2. The Balaban J connectivity index is 2.81. The van der Waals surface area contributed by atoms with Crippen LogP contribution in [0.1, 0.15) is 5.56 Å². The summed E-state index contributed by atoms with van der Waals surface area (Å²) >= 11 is 6.61. The van der Waals surface area contributed by atoms with Crippen molar-refractivity contribution in [1.82, 2.24) is 0 Å². The molecule has 0 aliphatic rings. The van der Waals surface area contributed by atoms with Crippen molar-refractivity contribution in [3.05, 3.63) is 32.7 Å². The van der Waals surface area contributed by atoms with Crippen LogP contribution in [0.4, 0.5) is 0 Å². The molecule has 0 aromatic heterocycles. The summed E-state index contributed by atoms with van der Waals surface area (Å²) in [4.78, 5) is 22.2. The second kappa shape index (κ2) is 5.42. The molecule has 0 fully saturated rings. The summed E-state index contributed by atoms with van der Waals surface area (Å²) in [5, 5.41) is 0. The summed E-state index contributed by atoms with van der Waals surface area (Å²) in [6.07, 6.45) is 0.0422. The first-order valence-electron chi connectivity index (χ1n) is 4.09. The first kappa shape index (κ1) is 12.4. The Hall–Kier alpha value is -0.680. The van der Waals surface area contributed by atoms with Crippen molar-refractivity contribution in [3.8, 4) is 0 Å². The maximum absolute atomic E-state index is 11.3. The van der Waals surface area contributed by atoms with Crippen molar-refractivity contribution in [2.24, 2.45) is 0 Å². The Kier molecular flexibility index (Phi) is 4.47. The van der Waals surface area contributed by atoms with E-state index in [1.807, 2.05) is 12.1 Å². The second-order valence-electron chi connectivity index (χ2n) is 2.83. The van der Waals surface area contributed by atoms with E-state index in [0.29, 0.717) is 0 Å². The van der Waals surface area contributed by atoms with Crippen LogP contribution in [0.15, 0.2) is 27.1 Å². The van der Waals surface area contributed by atoms with Crippen molar-refractivity contribution < 1.29 is 14.3 Å². The van der Waals surface area contributed by atoms with Crippen LogP contribution in [0.2, 0.25) is 0 Å². The van der Waals surface area contributed by atoms with Gasteiger partial charge in [-0.1, -0.05) is 37.9 Å². The number of halogens is 2. The minimum absolute atomic E-state index is 0.0422. The molecule has 1 aromatic carbocycles. The molecule has 1 rings (SSSR count). The zero-order valence-electron chi connectivity index (χ0n) is 7.92. The van der Waals surface area contributed by atoms with Gasteiger partial charge in [-0.2, -0.15) is 0 Å². The Bertz CT molecular complexity index is 402. The van der Waals surface area contributed by atoms with Gasteiger partial charge in [0.05, 0.1) is 7.11 Å². The average Bonchev–Trinajstić information content (AvgIpc) is 2.20. The fourth-order valence-corrected chi connectivity index (χ4v) is 2.21. The maximum atomic E-state index is 11.3. The number of ketones is 1. The normalized spacial score (nSPS) is 9.80. The van der Waals surface area contributed by atoms with Gasteiger partial charge in [0.1, 0.15) is 0 Å². The van der Waals surface area contributed by atoms with E-state index in [4.69, 9.17) is 0 Å². The summed E-state index contributed by atoms with van der Waals surface area (Å²) in [6.45, 7) is 0. The lowest BCUT2D eigenvalue weighted by Crippen LogP contribution is -2.17. The van der Waals surface area contributed by atoms with Crippen LogP contribution in [0.3, 0.4) is 0 Å². The van der Waals surface area contributed by atoms with Crippen molar-refractivity contribution in [1.29, 1.82) is 0 Å². The van der Waals surface area contributed by atoms with E-state index in [-0.39, 0.29) is 6.42 Å². The summed E-state index contributed by atoms with van der Waals surface area (Å²) in [5.74, 6) is -1.37. The number of Topliss-reactive ketones (excluding diaryl/α,β-unsaturated/α-hetero) is 1. The molecule has 80 valence electrons. The number of hydrogen-bond acceptors (Lipinski definition) is 3. The molecule has 0 amide bonds. The van der Waals surface area contributed by atoms with Gasteiger partial charge in [-0.3, -0.25) is 4.79 Å². The summed E-state index contributed by atoms with van der Waals surface area (Å²) in [5.41, 5.74) is 0.758. The number of benzene rings is 1. The van der Waals surface area contributed by atoms with Crippen LogP contribution in [-0.2, 0) is 20.7 Å². The highest BCUT2D eigenvalue weighted by molar-refractivity contribution is 9.11. The third-order valence-corrected chi connectivity index (χ3v) is 3.01. The minimum atomic E-state index is -0.815. The highest BCUT2D eigenvalue weighted by Gasteiger charge is 2.15. The number of ether oxygens (including phenoxy) is 1. The minimum Gasteiger partial charge on any atom is -0.463 e. The zero-order chi connectivity index (χ0) is 11.4. The second-order valence-corrected chi connectivity index (χ2v) is 4.60. The molecule has 0 saturated heterocycles. The van der Waals surface area contributed by atoms with Crippen molar-refractivity contribution in [3.63, 3.8) is 0 Å². The van der Waals surface area contributed by atoms with E-state index in [1.54, 1.807) is 6.07 Å². The van der Waals surface area contributed by atoms with Gasteiger partial charge >= 0.3 is 5.97 Å². The molecular formula is C10H8Br2O3. The topological polar surface area (TPSA) is 43.4 Å². The van der Waals surface area contributed by atoms with E-state index in [1.165, 1.54) is 7.11 Å². The fourth-order valence-electron chi connectivity index (χ4n) is 1.02. The number of rotatable bonds is 3. The number of hydrogen-bond donors (Lipinski definition) is 0. The van der Waals surface area contributed by atoms with E-state index in [9.17, 15) is 9.59 Å². The molecule has 0 unspecified atom stereocenters. The van der Waals surface area contributed by atoms with E-state index >= 15 is 0 Å². The van der Waals surface area contributed by atoms with Crippen molar-refractivity contribution in [2.45, 2.75) is 6.42 Å². The highest BCUT2D eigenvalue weighted by Crippen LogP contribution is 2.22. The smallest absolute Gasteiger partial charge is 0.374 e. The Morgan fingerprint density at radius 3 is 2.53 bits per heavy atom. The van der Waals surface area contributed by atoms with E-state index < -0.39 is 11.8 Å². The Morgan fingerprint density at radius 1 is 1.33 bits per heavy atom.